The van der Waals surface area contributed by atoms with E-state index < -0.39 is 0 Å². The zero-order valence-corrected chi connectivity index (χ0v) is 12.3. The number of ether oxygens (including phenoxy) is 1. The first-order valence-electron chi connectivity index (χ1n) is 7.59. The van der Waals surface area contributed by atoms with Crippen molar-refractivity contribution in [2.75, 3.05) is 19.0 Å². The maximum atomic E-state index is 5.63. The van der Waals surface area contributed by atoms with Crippen molar-refractivity contribution < 1.29 is 4.74 Å². The standard InChI is InChI=1S/C17H22N2O/c1-3-20-12-9-10-16-14(11-12)17(18-2)13-7-5-4-6-8-15(13)19-16/h9-11H,3-8H2,1-2H3,(H,18,19). The van der Waals surface area contributed by atoms with Gasteiger partial charge in [0.2, 0.25) is 0 Å². The number of hydrogen-bond donors (Lipinski definition) is 1. The number of rotatable bonds is 3. The number of anilines is 1. The third kappa shape index (κ3) is 2.33. The summed E-state index contributed by atoms with van der Waals surface area (Å²) in [5, 5.41) is 4.58. The molecule has 0 bridgehead atoms. The first-order valence-corrected chi connectivity index (χ1v) is 7.59. The van der Waals surface area contributed by atoms with E-state index in [-0.39, 0.29) is 0 Å². The zero-order chi connectivity index (χ0) is 13.9. The highest BCUT2D eigenvalue weighted by Crippen LogP contribution is 2.34. The molecule has 0 unspecified atom stereocenters. The minimum absolute atomic E-state index is 0.693. The Morgan fingerprint density at radius 1 is 1.20 bits per heavy atom. The van der Waals surface area contributed by atoms with Crippen molar-refractivity contribution in [3.05, 3.63) is 29.5 Å². The van der Waals surface area contributed by atoms with Crippen molar-refractivity contribution in [2.45, 2.75) is 39.0 Å². The Labute approximate surface area is 120 Å². The lowest BCUT2D eigenvalue weighted by atomic mass is 10.0. The molecule has 0 amide bonds. The van der Waals surface area contributed by atoms with Gasteiger partial charge in [0.25, 0.3) is 0 Å². The second kappa shape index (κ2) is 5.70. The predicted octanol–water partition coefficient (Wildman–Crippen LogP) is 3.94. The predicted molar refractivity (Wildman–Crippen MR) is 83.7 cm³/mol. The number of aryl methyl sites for hydroxylation is 1. The number of benzene rings is 1. The molecule has 1 aliphatic carbocycles. The number of fused-ring (bicyclic) bond motifs is 2. The monoisotopic (exact) mass is 270 g/mol. The van der Waals surface area contributed by atoms with E-state index in [1.807, 2.05) is 20.0 Å². The van der Waals surface area contributed by atoms with E-state index in [0.717, 1.165) is 24.1 Å². The Bertz CT molecular complexity index is 622. The molecule has 0 saturated carbocycles. The van der Waals surface area contributed by atoms with Crippen molar-refractivity contribution >= 4 is 16.6 Å². The zero-order valence-electron chi connectivity index (χ0n) is 12.3. The van der Waals surface area contributed by atoms with Gasteiger partial charge in [-0.05, 0) is 56.4 Å². The van der Waals surface area contributed by atoms with Crippen LogP contribution in [0.25, 0.3) is 10.9 Å². The SMILES string of the molecule is CCOc1ccc2nc3c(c(NC)c2c1)CCCCC3. The van der Waals surface area contributed by atoms with E-state index in [1.54, 1.807) is 0 Å². The number of nitrogens with zero attached hydrogens (tertiary/aromatic N) is 1. The summed E-state index contributed by atoms with van der Waals surface area (Å²) in [7, 11) is 2.01. The molecule has 0 saturated heterocycles. The lowest BCUT2D eigenvalue weighted by Crippen LogP contribution is -2.04. The lowest BCUT2D eigenvalue weighted by molar-refractivity contribution is 0.340. The number of pyridine rings is 1. The normalized spacial score (nSPS) is 14.7. The van der Waals surface area contributed by atoms with Crippen LogP contribution in [0, 0.1) is 0 Å². The van der Waals surface area contributed by atoms with Crippen molar-refractivity contribution in [1.29, 1.82) is 0 Å². The molecule has 0 radical (unpaired) electrons. The Morgan fingerprint density at radius 3 is 2.85 bits per heavy atom. The maximum Gasteiger partial charge on any atom is 0.120 e. The fraction of sp³-hybridized carbons (Fsp3) is 0.471. The molecule has 1 heterocycles. The molecule has 1 N–H and O–H groups in total. The van der Waals surface area contributed by atoms with Gasteiger partial charge < -0.3 is 10.1 Å². The Morgan fingerprint density at radius 2 is 2.05 bits per heavy atom. The molecule has 1 aromatic carbocycles. The average Bonchev–Trinajstić information content (AvgIpc) is 2.70. The smallest absolute Gasteiger partial charge is 0.120 e. The van der Waals surface area contributed by atoms with Gasteiger partial charge in [0.1, 0.15) is 5.75 Å². The summed E-state index contributed by atoms with van der Waals surface area (Å²) >= 11 is 0. The number of aromatic nitrogens is 1. The molecule has 0 aliphatic heterocycles. The van der Waals surface area contributed by atoms with Gasteiger partial charge in [-0.15, -0.1) is 0 Å². The quantitative estimate of drug-likeness (QED) is 0.858. The van der Waals surface area contributed by atoms with E-state index in [4.69, 9.17) is 9.72 Å². The molecule has 3 rings (SSSR count). The number of nitrogens with one attached hydrogen (secondary N) is 1. The van der Waals surface area contributed by atoms with Gasteiger partial charge in [0.05, 0.1) is 12.1 Å². The fourth-order valence-corrected chi connectivity index (χ4v) is 3.12. The highest BCUT2D eigenvalue weighted by molar-refractivity contribution is 5.94. The Kier molecular flexibility index (Phi) is 3.77. The summed E-state index contributed by atoms with van der Waals surface area (Å²) in [6, 6.07) is 6.20. The molecule has 3 heteroatoms. The summed E-state index contributed by atoms with van der Waals surface area (Å²) in [6.07, 6.45) is 6.06. The summed E-state index contributed by atoms with van der Waals surface area (Å²) in [5.41, 5.74) is 5.00. The molecular formula is C17H22N2O. The third-order valence-electron chi connectivity index (χ3n) is 4.04. The number of hydrogen-bond acceptors (Lipinski definition) is 3. The van der Waals surface area contributed by atoms with Crippen molar-refractivity contribution in [3.63, 3.8) is 0 Å². The van der Waals surface area contributed by atoms with Crippen molar-refractivity contribution in [2.24, 2.45) is 0 Å². The molecule has 1 aromatic heterocycles. The minimum Gasteiger partial charge on any atom is -0.494 e. The summed E-state index contributed by atoms with van der Waals surface area (Å²) < 4.78 is 5.63. The van der Waals surface area contributed by atoms with Crippen LogP contribution >= 0.6 is 0 Å². The molecular weight excluding hydrogens is 248 g/mol. The van der Waals surface area contributed by atoms with Crippen LogP contribution in [0.4, 0.5) is 5.69 Å². The Balaban J connectivity index is 2.20. The van der Waals surface area contributed by atoms with E-state index in [1.165, 1.54) is 41.6 Å². The first-order chi connectivity index (χ1) is 9.83. The topological polar surface area (TPSA) is 34.1 Å². The van der Waals surface area contributed by atoms with Crippen LogP contribution < -0.4 is 10.1 Å². The second-order valence-electron chi connectivity index (χ2n) is 5.33. The average molecular weight is 270 g/mol. The first kappa shape index (κ1) is 13.2. The Hall–Kier alpha value is -1.77. The van der Waals surface area contributed by atoms with Crippen LogP contribution in [0.5, 0.6) is 5.75 Å². The van der Waals surface area contributed by atoms with Gasteiger partial charge in [0.15, 0.2) is 0 Å². The molecule has 0 fully saturated rings. The second-order valence-corrected chi connectivity index (χ2v) is 5.33. The van der Waals surface area contributed by atoms with E-state index >= 15 is 0 Å². The molecule has 20 heavy (non-hydrogen) atoms. The van der Waals surface area contributed by atoms with Crippen LogP contribution in [0.1, 0.15) is 37.4 Å². The van der Waals surface area contributed by atoms with Gasteiger partial charge in [0, 0.05) is 23.8 Å². The van der Waals surface area contributed by atoms with Crippen LogP contribution in [0.2, 0.25) is 0 Å². The van der Waals surface area contributed by atoms with Crippen LogP contribution in [-0.2, 0) is 12.8 Å². The largest absolute Gasteiger partial charge is 0.494 e. The van der Waals surface area contributed by atoms with Crippen LogP contribution in [0.3, 0.4) is 0 Å². The molecule has 0 atom stereocenters. The van der Waals surface area contributed by atoms with Gasteiger partial charge in [-0.2, -0.15) is 0 Å². The maximum absolute atomic E-state index is 5.63. The highest BCUT2D eigenvalue weighted by Gasteiger charge is 2.16. The van der Waals surface area contributed by atoms with Gasteiger partial charge in [-0.3, -0.25) is 4.98 Å². The van der Waals surface area contributed by atoms with Gasteiger partial charge in [-0.1, -0.05) is 6.42 Å². The molecule has 2 aromatic rings. The van der Waals surface area contributed by atoms with Crippen LogP contribution in [-0.4, -0.2) is 18.6 Å². The molecule has 0 spiro atoms. The van der Waals surface area contributed by atoms with Crippen molar-refractivity contribution in [3.8, 4) is 5.75 Å². The van der Waals surface area contributed by atoms with E-state index in [0.29, 0.717) is 6.61 Å². The van der Waals surface area contributed by atoms with Crippen LogP contribution in [0.15, 0.2) is 18.2 Å². The summed E-state index contributed by atoms with van der Waals surface area (Å²) in [4.78, 5) is 4.89. The van der Waals surface area contributed by atoms with Gasteiger partial charge in [-0.25, -0.2) is 0 Å². The molecule has 106 valence electrons. The molecule has 3 nitrogen and oxygen atoms in total. The van der Waals surface area contributed by atoms with Gasteiger partial charge >= 0.3 is 0 Å². The van der Waals surface area contributed by atoms with E-state index in [9.17, 15) is 0 Å². The summed E-state index contributed by atoms with van der Waals surface area (Å²) in [5.74, 6) is 0.923. The fourth-order valence-electron chi connectivity index (χ4n) is 3.12. The van der Waals surface area contributed by atoms with E-state index in [2.05, 4.69) is 17.4 Å². The highest BCUT2D eigenvalue weighted by atomic mass is 16.5. The molecule has 1 aliphatic rings. The van der Waals surface area contributed by atoms with Crippen molar-refractivity contribution in [1.82, 2.24) is 4.98 Å². The third-order valence-corrected chi connectivity index (χ3v) is 4.04. The lowest BCUT2D eigenvalue weighted by Gasteiger charge is -2.16. The summed E-state index contributed by atoms with van der Waals surface area (Å²) in [6.45, 7) is 2.71. The minimum atomic E-state index is 0.693.